The van der Waals surface area contributed by atoms with E-state index >= 15 is 0 Å². The van der Waals surface area contributed by atoms with Gasteiger partial charge in [-0.25, -0.2) is 0 Å². The molecule has 0 aromatic heterocycles. The molecule has 1 unspecified atom stereocenters. The molecule has 0 radical (unpaired) electrons. The fraction of sp³-hybridized carbons (Fsp3) is 0.562. The number of benzene rings is 1. The molecule has 1 amide bonds. The summed E-state index contributed by atoms with van der Waals surface area (Å²) in [7, 11) is 0. The average Bonchev–Trinajstić information content (AvgIpc) is 2.40. The van der Waals surface area contributed by atoms with Crippen molar-refractivity contribution >= 4 is 23.0 Å². The first kappa shape index (κ1) is 14.7. The predicted octanol–water partition coefficient (Wildman–Crippen LogP) is 3.39. The van der Waals surface area contributed by atoms with Gasteiger partial charge in [0.2, 0.25) is 5.91 Å². The molecule has 1 aliphatic heterocycles. The molecule has 4 heteroatoms. The summed E-state index contributed by atoms with van der Waals surface area (Å²) in [5.41, 5.74) is 8.79. The molecule has 1 atom stereocenters. The van der Waals surface area contributed by atoms with E-state index < -0.39 is 0 Å². The van der Waals surface area contributed by atoms with Crippen molar-refractivity contribution in [1.29, 1.82) is 0 Å². The fourth-order valence-corrected chi connectivity index (χ4v) is 2.80. The Morgan fingerprint density at radius 3 is 2.90 bits per heavy atom. The third kappa shape index (κ3) is 3.44. The van der Waals surface area contributed by atoms with Crippen molar-refractivity contribution in [2.24, 2.45) is 0 Å². The van der Waals surface area contributed by atoms with E-state index in [2.05, 4.69) is 17.1 Å². The lowest BCUT2D eigenvalue weighted by atomic mass is 10.0. The van der Waals surface area contributed by atoms with Crippen LogP contribution >= 0.6 is 0 Å². The normalized spacial score (nSPS) is 18.9. The van der Waals surface area contributed by atoms with Gasteiger partial charge >= 0.3 is 0 Å². The van der Waals surface area contributed by atoms with E-state index in [4.69, 9.17) is 5.73 Å². The molecule has 1 aliphatic rings. The minimum absolute atomic E-state index is 0.0472. The van der Waals surface area contributed by atoms with Gasteiger partial charge in [0, 0.05) is 24.7 Å². The predicted molar refractivity (Wildman–Crippen MR) is 85.1 cm³/mol. The van der Waals surface area contributed by atoms with E-state index in [1.165, 1.54) is 19.3 Å². The van der Waals surface area contributed by atoms with Crippen LogP contribution in [0.1, 0.15) is 46.0 Å². The summed E-state index contributed by atoms with van der Waals surface area (Å²) in [6.07, 6.45) is 5.13. The van der Waals surface area contributed by atoms with Gasteiger partial charge in [-0.2, -0.15) is 0 Å². The number of hydrogen-bond donors (Lipinski definition) is 2. The van der Waals surface area contributed by atoms with Crippen LogP contribution in [0, 0.1) is 0 Å². The van der Waals surface area contributed by atoms with Gasteiger partial charge in [-0.1, -0.05) is 6.92 Å². The van der Waals surface area contributed by atoms with Crippen LogP contribution in [-0.4, -0.2) is 18.5 Å². The number of amides is 1. The molecule has 1 fully saturated rings. The van der Waals surface area contributed by atoms with Gasteiger partial charge in [-0.3, -0.25) is 4.79 Å². The van der Waals surface area contributed by atoms with Gasteiger partial charge in [-0.15, -0.1) is 0 Å². The zero-order chi connectivity index (χ0) is 14.5. The van der Waals surface area contributed by atoms with Crippen molar-refractivity contribution in [2.45, 2.75) is 52.0 Å². The summed E-state index contributed by atoms with van der Waals surface area (Å²) >= 11 is 0. The molecule has 1 saturated heterocycles. The first-order valence-corrected chi connectivity index (χ1v) is 7.58. The smallest absolute Gasteiger partial charge is 0.224 e. The van der Waals surface area contributed by atoms with Crippen LogP contribution in [0.5, 0.6) is 0 Å². The minimum atomic E-state index is 0.0472. The van der Waals surface area contributed by atoms with Crippen LogP contribution < -0.4 is 16.0 Å². The Bertz CT molecular complexity index is 473. The number of carbonyl (C=O) groups is 1. The number of rotatable bonds is 4. The summed E-state index contributed by atoms with van der Waals surface area (Å²) < 4.78 is 0. The second kappa shape index (κ2) is 6.64. The topological polar surface area (TPSA) is 58.4 Å². The highest BCUT2D eigenvalue weighted by molar-refractivity contribution is 5.92. The lowest BCUT2D eigenvalue weighted by Crippen LogP contribution is -2.37. The molecule has 0 bridgehead atoms. The Morgan fingerprint density at radius 1 is 1.45 bits per heavy atom. The Hall–Kier alpha value is -1.71. The van der Waals surface area contributed by atoms with Crippen molar-refractivity contribution < 1.29 is 4.79 Å². The van der Waals surface area contributed by atoms with E-state index in [0.29, 0.717) is 12.5 Å². The van der Waals surface area contributed by atoms with Gasteiger partial charge in [0.1, 0.15) is 0 Å². The van der Waals surface area contributed by atoms with E-state index in [9.17, 15) is 4.79 Å². The van der Waals surface area contributed by atoms with E-state index in [1.807, 2.05) is 25.1 Å². The van der Waals surface area contributed by atoms with Crippen LogP contribution in [0.25, 0.3) is 0 Å². The van der Waals surface area contributed by atoms with Crippen LogP contribution in [0.2, 0.25) is 0 Å². The Balaban J connectivity index is 2.11. The van der Waals surface area contributed by atoms with Gasteiger partial charge in [0.25, 0.3) is 0 Å². The van der Waals surface area contributed by atoms with Crippen molar-refractivity contribution in [1.82, 2.24) is 0 Å². The van der Waals surface area contributed by atoms with E-state index in [0.717, 1.165) is 30.0 Å². The number of nitrogen functional groups attached to an aromatic ring is 1. The third-order valence-corrected chi connectivity index (χ3v) is 3.90. The second-order valence-electron chi connectivity index (χ2n) is 5.61. The maximum Gasteiger partial charge on any atom is 0.224 e. The van der Waals surface area contributed by atoms with E-state index in [1.54, 1.807) is 0 Å². The Kier molecular flexibility index (Phi) is 4.88. The molecule has 1 aromatic carbocycles. The highest BCUT2D eigenvalue weighted by Gasteiger charge is 2.20. The van der Waals surface area contributed by atoms with Crippen LogP contribution in [0.4, 0.5) is 17.1 Å². The Morgan fingerprint density at radius 2 is 2.25 bits per heavy atom. The number of anilines is 3. The molecule has 1 heterocycles. The van der Waals surface area contributed by atoms with Crippen LogP contribution in [0.3, 0.4) is 0 Å². The van der Waals surface area contributed by atoms with Crippen LogP contribution in [0.15, 0.2) is 18.2 Å². The molecule has 1 aromatic rings. The summed E-state index contributed by atoms with van der Waals surface area (Å²) in [5.74, 6) is 0.0472. The highest BCUT2D eigenvalue weighted by Crippen LogP contribution is 2.31. The fourth-order valence-electron chi connectivity index (χ4n) is 2.80. The second-order valence-corrected chi connectivity index (χ2v) is 5.61. The summed E-state index contributed by atoms with van der Waals surface area (Å²) in [6, 6.07) is 6.37. The minimum Gasteiger partial charge on any atom is -0.397 e. The number of nitrogens with zero attached hydrogens (tertiary/aromatic N) is 1. The van der Waals surface area contributed by atoms with Gasteiger partial charge in [-0.05, 0) is 50.8 Å². The molecule has 110 valence electrons. The van der Waals surface area contributed by atoms with Crippen molar-refractivity contribution in [3.05, 3.63) is 18.2 Å². The monoisotopic (exact) mass is 275 g/mol. The number of nitrogens with two attached hydrogens (primary N) is 1. The lowest BCUT2D eigenvalue weighted by molar-refractivity contribution is -0.116. The van der Waals surface area contributed by atoms with Gasteiger partial charge in [0.15, 0.2) is 0 Å². The third-order valence-electron chi connectivity index (χ3n) is 3.90. The SMILES string of the molecule is CCCC(=O)Nc1ccc(N2CCCCC2C)c(N)c1. The molecule has 2 rings (SSSR count). The number of piperidine rings is 1. The first-order valence-electron chi connectivity index (χ1n) is 7.58. The summed E-state index contributed by atoms with van der Waals surface area (Å²) in [5, 5.41) is 2.89. The van der Waals surface area contributed by atoms with Gasteiger partial charge < -0.3 is 16.0 Å². The number of hydrogen-bond acceptors (Lipinski definition) is 3. The zero-order valence-electron chi connectivity index (χ0n) is 12.5. The maximum absolute atomic E-state index is 11.6. The number of nitrogens with one attached hydrogen (secondary N) is 1. The quantitative estimate of drug-likeness (QED) is 0.828. The first-order chi connectivity index (χ1) is 9.61. The molecule has 0 saturated carbocycles. The van der Waals surface area contributed by atoms with Crippen molar-refractivity contribution in [3.63, 3.8) is 0 Å². The van der Waals surface area contributed by atoms with Gasteiger partial charge in [0.05, 0.1) is 11.4 Å². The lowest BCUT2D eigenvalue weighted by Gasteiger charge is -2.36. The molecule has 0 spiro atoms. The standard InChI is InChI=1S/C16H25N3O/c1-3-6-16(20)18-13-8-9-15(14(17)11-13)19-10-5-4-7-12(19)2/h8-9,11-12H,3-7,10,17H2,1-2H3,(H,18,20). The molecule has 0 aliphatic carbocycles. The largest absolute Gasteiger partial charge is 0.397 e. The van der Waals surface area contributed by atoms with Crippen LogP contribution in [-0.2, 0) is 4.79 Å². The summed E-state index contributed by atoms with van der Waals surface area (Å²) in [4.78, 5) is 14.0. The van der Waals surface area contributed by atoms with Crippen molar-refractivity contribution in [3.8, 4) is 0 Å². The Labute approximate surface area is 121 Å². The molecular weight excluding hydrogens is 250 g/mol. The zero-order valence-corrected chi connectivity index (χ0v) is 12.5. The highest BCUT2D eigenvalue weighted by atomic mass is 16.1. The molecule has 4 nitrogen and oxygen atoms in total. The van der Waals surface area contributed by atoms with E-state index in [-0.39, 0.29) is 5.91 Å². The molecule has 3 N–H and O–H groups in total. The molecule has 20 heavy (non-hydrogen) atoms. The van der Waals surface area contributed by atoms with Crippen molar-refractivity contribution in [2.75, 3.05) is 22.5 Å². The average molecular weight is 275 g/mol. The number of carbonyl (C=O) groups excluding carboxylic acids is 1. The summed E-state index contributed by atoms with van der Waals surface area (Å²) in [6.45, 7) is 5.30. The molecular formula is C16H25N3O. The maximum atomic E-state index is 11.6.